The van der Waals surface area contributed by atoms with Gasteiger partial charge in [0.2, 0.25) is 0 Å². The van der Waals surface area contributed by atoms with Gasteiger partial charge in [-0.25, -0.2) is 9.78 Å². The maximum atomic E-state index is 11.9. The number of anilines is 3. The lowest BCUT2D eigenvalue weighted by Gasteiger charge is -2.34. The number of nitrogen functional groups attached to an aromatic ring is 1. The second-order valence-corrected chi connectivity index (χ2v) is 9.89. The van der Waals surface area contributed by atoms with Crippen molar-refractivity contribution in [2.45, 2.75) is 13.8 Å². The summed E-state index contributed by atoms with van der Waals surface area (Å²) in [6, 6.07) is 15.9. The van der Waals surface area contributed by atoms with Crippen LogP contribution in [0.1, 0.15) is 13.8 Å². The highest BCUT2D eigenvalue weighted by atomic mass is 16.5. The maximum absolute atomic E-state index is 11.9. The summed E-state index contributed by atoms with van der Waals surface area (Å²) in [6.45, 7) is 8.49. The van der Waals surface area contributed by atoms with Gasteiger partial charge in [0.25, 0.3) is 0 Å². The van der Waals surface area contributed by atoms with E-state index in [-0.39, 0.29) is 5.92 Å². The van der Waals surface area contributed by atoms with E-state index < -0.39 is 6.09 Å². The van der Waals surface area contributed by atoms with E-state index in [0.717, 1.165) is 48.4 Å². The number of hydrogen-bond donors (Lipinski definition) is 2. The second kappa shape index (κ2) is 10.5. The summed E-state index contributed by atoms with van der Waals surface area (Å²) >= 11 is 0. The molecule has 2 aromatic carbocycles. The van der Waals surface area contributed by atoms with Crippen molar-refractivity contribution in [3.63, 3.8) is 0 Å². The highest BCUT2D eigenvalue weighted by molar-refractivity contribution is 5.86. The number of aromatic nitrogens is 3. The van der Waals surface area contributed by atoms with E-state index in [9.17, 15) is 4.79 Å². The molecule has 1 saturated heterocycles. The summed E-state index contributed by atoms with van der Waals surface area (Å²) < 4.78 is 6.86. The van der Waals surface area contributed by atoms with E-state index in [0.29, 0.717) is 23.8 Å². The van der Waals surface area contributed by atoms with E-state index in [1.165, 1.54) is 5.69 Å². The van der Waals surface area contributed by atoms with Crippen LogP contribution in [-0.4, -0.2) is 65.4 Å². The van der Waals surface area contributed by atoms with Gasteiger partial charge < -0.3 is 20.3 Å². The maximum Gasteiger partial charge on any atom is 0.411 e. The van der Waals surface area contributed by atoms with Crippen LogP contribution in [0.25, 0.3) is 27.9 Å². The molecule has 192 valence electrons. The Labute approximate surface area is 216 Å². The first-order chi connectivity index (χ1) is 17.9. The normalized spacial score (nSPS) is 14.3. The van der Waals surface area contributed by atoms with E-state index in [1.54, 1.807) is 10.7 Å². The van der Waals surface area contributed by atoms with Crippen LogP contribution in [0.15, 0.2) is 60.9 Å². The Kier molecular flexibility index (Phi) is 6.96. The quantitative estimate of drug-likeness (QED) is 0.400. The number of hydrogen-bond acceptors (Lipinski definition) is 7. The molecular formula is C28H33N7O2. The van der Waals surface area contributed by atoms with Gasteiger partial charge in [0.05, 0.1) is 12.8 Å². The van der Waals surface area contributed by atoms with E-state index in [2.05, 4.69) is 51.5 Å². The summed E-state index contributed by atoms with van der Waals surface area (Å²) in [4.78, 5) is 21.4. The van der Waals surface area contributed by atoms with Crippen molar-refractivity contribution in [3.05, 3.63) is 60.9 Å². The summed E-state index contributed by atoms with van der Waals surface area (Å²) in [5.74, 6) is 0.783. The zero-order valence-electron chi connectivity index (χ0n) is 21.5. The fourth-order valence-corrected chi connectivity index (χ4v) is 4.44. The third-order valence-electron chi connectivity index (χ3n) is 6.58. The van der Waals surface area contributed by atoms with Gasteiger partial charge in [0, 0.05) is 54.9 Å². The molecule has 1 fully saturated rings. The standard InChI is InChI=1S/C28H33N7O2/c1-19(2)18-37-28(36)32-22-9-7-20(8-10-22)24-16-30-27-25(17-31-35(27)26(24)29)21-5-4-6-23(15-21)34-13-11-33(3)12-14-34/h4-10,15-17,19H,11-14,18,29H2,1-3H3,(H,32,36). The molecule has 0 saturated carbocycles. The molecule has 4 aromatic rings. The van der Waals surface area contributed by atoms with E-state index >= 15 is 0 Å². The predicted octanol–water partition coefficient (Wildman–Crippen LogP) is 4.60. The number of fused-ring (bicyclic) bond motifs is 1. The number of likely N-dealkylation sites (N-methyl/N-ethyl adjacent to an activating group) is 1. The van der Waals surface area contributed by atoms with Crippen molar-refractivity contribution in [1.82, 2.24) is 19.5 Å². The molecule has 0 spiro atoms. The van der Waals surface area contributed by atoms with Crippen LogP contribution < -0.4 is 16.0 Å². The van der Waals surface area contributed by atoms with Crippen molar-refractivity contribution in [2.24, 2.45) is 5.92 Å². The van der Waals surface area contributed by atoms with Gasteiger partial charge in [-0.2, -0.15) is 9.61 Å². The lowest BCUT2D eigenvalue weighted by Crippen LogP contribution is -2.44. The molecule has 2 aromatic heterocycles. The Morgan fingerprint density at radius 3 is 2.51 bits per heavy atom. The number of nitrogens with one attached hydrogen (secondary N) is 1. The van der Waals surface area contributed by atoms with Crippen LogP contribution >= 0.6 is 0 Å². The predicted molar refractivity (Wildman–Crippen MR) is 148 cm³/mol. The number of rotatable bonds is 6. The molecule has 1 aliphatic heterocycles. The molecule has 1 aliphatic rings. The van der Waals surface area contributed by atoms with Gasteiger partial charge in [-0.1, -0.05) is 38.1 Å². The molecule has 3 N–H and O–H groups in total. The van der Waals surface area contributed by atoms with E-state index in [4.69, 9.17) is 15.5 Å². The van der Waals surface area contributed by atoms with Gasteiger partial charge in [-0.05, 0) is 48.4 Å². The smallest absolute Gasteiger partial charge is 0.411 e. The van der Waals surface area contributed by atoms with Crippen molar-refractivity contribution in [3.8, 4) is 22.3 Å². The van der Waals surface area contributed by atoms with Crippen LogP contribution in [0.3, 0.4) is 0 Å². The van der Waals surface area contributed by atoms with Crippen LogP contribution in [0.2, 0.25) is 0 Å². The van der Waals surface area contributed by atoms with Gasteiger partial charge in [-0.15, -0.1) is 0 Å². The number of carbonyl (C=O) groups is 1. The number of nitrogens with zero attached hydrogens (tertiary/aromatic N) is 5. The summed E-state index contributed by atoms with van der Waals surface area (Å²) in [6.07, 6.45) is 3.13. The number of nitrogens with two attached hydrogens (primary N) is 1. The van der Waals surface area contributed by atoms with Crippen molar-refractivity contribution in [2.75, 3.05) is 55.8 Å². The zero-order chi connectivity index (χ0) is 25.9. The largest absolute Gasteiger partial charge is 0.449 e. The van der Waals surface area contributed by atoms with Gasteiger partial charge in [0.1, 0.15) is 5.82 Å². The van der Waals surface area contributed by atoms with E-state index in [1.807, 2.05) is 44.3 Å². The third kappa shape index (κ3) is 5.36. The zero-order valence-corrected chi connectivity index (χ0v) is 21.5. The number of amides is 1. The van der Waals surface area contributed by atoms with Gasteiger partial charge in [0.15, 0.2) is 5.65 Å². The molecule has 9 heteroatoms. The summed E-state index contributed by atoms with van der Waals surface area (Å²) in [7, 11) is 2.16. The third-order valence-corrected chi connectivity index (χ3v) is 6.58. The van der Waals surface area contributed by atoms with Gasteiger partial charge in [-0.3, -0.25) is 5.32 Å². The fraction of sp³-hybridized carbons (Fsp3) is 0.321. The monoisotopic (exact) mass is 499 g/mol. The number of benzene rings is 2. The highest BCUT2D eigenvalue weighted by Gasteiger charge is 2.17. The molecule has 0 bridgehead atoms. The first kappa shape index (κ1) is 24.6. The summed E-state index contributed by atoms with van der Waals surface area (Å²) in [5, 5.41) is 7.30. The van der Waals surface area contributed by atoms with Crippen molar-refractivity contribution < 1.29 is 9.53 Å². The fourth-order valence-electron chi connectivity index (χ4n) is 4.44. The first-order valence-electron chi connectivity index (χ1n) is 12.6. The summed E-state index contributed by atoms with van der Waals surface area (Å²) in [5.41, 5.74) is 12.8. The number of ether oxygens (including phenoxy) is 1. The van der Waals surface area contributed by atoms with Crippen molar-refractivity contribution >= 4 is 28.9 Å². The lowest BCUT2D eigenvalue weighted by atomic mass is 10.1. The molecule has 1 amide bonds. The topological polar surface area (TPSA) is 101 Å². The SMILES string of the molecule is CC(C)COC(=O)Nc1ccc(-c2cnc3c(-c4cccc(N5CCN(C)CC5)c4)cnn3c2N)cc1. The minimum absolute atomic E-state index is 0.280. The van der Waals surface area contributed by atoms with Crippen LogP contribution in [0, 0.1) is 5.92 Å². The van der Waals surface area contributed by atoms with Crippen LogP contribution in [-0.2, 0) is 4.74 Å². The molecular weight excluding hydrogens is 466 g/mol. The minimum Gasteiger partial charge on any atom is -0.449 e. The molecule has 37 heavy (non-hydrogen) atoms. The van der Waals surface area contributed by atoms with Gasteiger partial charge >= 0.3 is 6.09 Å². The number of carbonyl (C=O) groups excluding carboxylic acids is 1. The molecule has 9 nitrogen and oxygen atoms in total. The number of piperazine rings is 1. The molecule has 0 atom stereocenters. The molecule has 0 aliphatic carbocycles. The Morgan fingerprint density at radius 2 is 1.78 bits per heavy atom. The average molecular weight is 500 g/mol. The Hall–Kier alpha value is -4.11. The molecule has 5 rings (SSSR count). The molecule has 0 unspecified atom stereocenters. The molecule has 0 radical (unpaired) electrons. The molecule has 3 heterocycles. The Balaban J connectivity index is 1.37. The Morgan fingerprint density at radius 1 is 1.03 bits per heavy atom. The van der Waals surface area contributed by atoms with Crippen LogP contribution in [0.4, 0.5) is 22.0 Å². The van der Waals surface area contributed by atoms with Crippen molar-refractivity contribution in [1.29, 1.82) is 0 Å². The lowest BCUT2D eigenvalue weighted by molar-refractivity contribution is 0.147. The average Bonchev–Trinajstić information content (AvgIpc) is 3.34. The first-order valence-corrected chi connectivity index (χ1v) is 12.6. The minimum atomic E-state index is -0.468. The highest BCUT2D eigenvalue weighted by Crippen LogP contribution is 2.32. The Bertz CT molecular complexity index is 1390. The second-order valence-electron chi connectivity index (χ2n) is 9.89. The van der Waals surface area contributed by atoms with Crippen LogP contribution in [0.5, 0.6) is 0 Å².